The molecule has 7 heteroatoms. The lowest BCUT2D eigenvalue weighted by molar-refractivity contribution is -0.180. The van der Waals surface area contributed by atoms with Gasteiger partial charge in [-0.1, -0.05) is 72.8 Å². The lowest BCUT2D eigenvalue weighted by Crippen LogP contribution is -3.00. The Morgan fingerprint density at radius 3 is 1.40 bits per heavy atom. The first-order chi connectivity index (χ1) is 20.9. The Morgan fingerprint density at radius 1 is 0.578 bits per heavy atom. The van der Waals surface area contributed by atoms with Gasteiger partial charge in [-0.25, -0.2) is 4.98 Å². The summed E-state index contributed by atoms with van der Waals surface area (Å²) in [6.07, 6.45) is 4.17. The predicted octanol–water partition coefficient (Wildman–Crippen LogP) is 1.39. The largest absolute Gasteiger partial charge is 1.00 e. The maximum atomic E-state index is 6.53. The summed E-state index contributed by atoms with van der Waals surface area (Å²) in [5, 5.41) is 5.83. The number of pyridine rings is 1. The molecule has 0 saturated carbocycles. The van der Waals surface area contributed by atoms with Crippen LogP contribution in [0.2, 0.25) is 0 Å². The van der Waals surface area contributed by atoms with E-state index in [9.17, 15) is 0 Å². The van der Waals surface area contributed by atoms with E-state index in [0.29, 0.717) is 6.61 Å². The topological polar surface area (TPSA) is 31.4 Å². The summed E-state index contributed by atoms with van der Waals surface area (Å²) < 4.78 is 12.9. The molecule has 0 unspecified atom stereocenters. The number of fused-ring (bicyclic) bond motifs is 3. The summed E-state index contributed by atoms with van der Waals surface area (Å²) in [5.74, 6) is 0.240. The minimum absolute atomic E-state index is 0. The van der Waals surface area contributed by atoms with E-state index >= 15 is 0 Å². The molecule has 2 aliphatic rings. The van der Waals surface area contributed by atoms with Crippen molar-refractivity contribution in [2.24, 2.45) is 0 Å². The second-order valence-electron chi connectivity index (χ2n) is 12.3. The zero-order valence-corrected chi connectivity index (χ0v) is 29.3. The van der Waals surface area contributed by atoms with Crippen LogP contribution >= 0.6 is 14.5 Å². The molecule has 232 valence electrons. The number of halogens is 2. The molecule has 4 aromatic carbocycles. The molecule has 0 radical (unpaired) electrons. The molecule has 0 N–H and O–H groups in total. The zero-order chi connectivity index (χ0) is 29.5. The Kier molecular flexibility index (Phi) is 10.1. The molecule has 3 heterocycles. The van der Waals surface area contributed by atoms with Gasteiger partial charge in [0.25, 0.3) is 0 Å². The molecule has 0 bridgehead atoms. The van der Waals surface area contributed by atoms with Gasteiger partial charge in [0, 0.05) is 25.0 Å². The molecule has 45 heavy (non-hydrogen) atoms. The van der Waals surface area contributed by atoms with E-state index < -0.39 is 20.3 Å². The highest BCUT2D eigenvalue weighted by atomic mass is 35.5. The Balaban J connectivity index is 0.00000200. The van der Waals surface area contributed by atoms with Crippen LogP contribution in [-0.4, -0.2) is 23.1 Å². The van der Waals surface area contributed by atoms with E-state index in [1.165, 1.54) is 38.0 Å². The molecule has 0 saturated heterocycles. The standard InChI is InChI=1S/C38H39NO2P2.2ClH/c1-29-37-34(26-40-38(2,3)41-37)35-27-42(30-16-8-4-9-17-30,31-18-10-5-11-19-31)24-25-43(28-36(35)39-29,32-20-12-6-13-21-32)33-22-14-7-15-23-33;;/h4-23H,24-28H2,1-3H3;2*1H/q+2;;/p-2. The summed E-state index contributed by atoms with van der Waals surface area (Å²) in [6.45, 7) is 6.65. The van der Waals surface area contributed by atoms with Crippen LogP contribution in [0.1, 0.15) is 36.4 Å². The molecular weight excluding hydrogens is 635 g/mol. The normalized spacial score (nSPS) is 17.5. The highest BCUT2D eigenvalue weighted by molar-refractivity contribution is 7.92. The highest BCUT2D eigenvalue weighted by Gasteiger charge is 2.54. The van der Waals surface area contributed by atoms with Gasteiger partial charge in [-0.2, -0.15) is 0 Å². The monoisotopic (exact) mass is 673 g/mol. The van der Waals surface area contributed by atoms with Crippen LogP contribution in [0.5, 0.6) is 5.75 Å². The number of aryl methyl sites for hydroxylation is 1. The maximum absolute atomic E-state index is 6.53. The van der Waals surface area contributed by atoms with Crippen molar-refractivity contribution in [1.82, 2.24) is 4.98 Å². The number of nitrogens with zero attached hydrogens (tertiary/aromatic N) is 1. The van der Waals surface area contributed by atoms with Crippen LogP contribution in [0.25, 0.3) is 0 Å². The average molecular weight is 675 g/mol. The fraction of sp³-hybridized carbons (Fsp3) is 0.237. The van der Waals surface area contributed by atoms with Gasteiger partial charge in [0.15, 0.2) is 0 Å². The van der Waals surface area contributed by atoms with Gasteiger partial charge in [0.1, 0.15) is 24.2 Å². The zero-order valence-electron chi connectivity index (χ0n) is 26.0. The molecule has 0 amide bonds. The Labute approximate surface area is 281 Å². The van der Waals surface area contributed by atoms with E-state index in [1.807, 2.05) is 13.8 Å². The molecule has 2 aliphatic heterocycles. The molecule has 0 fully saturated rings. The second kappa shape index (κ2) is 13.5. The first-order valence-electron chi connectivity index (χ1n) is 15.2. The molecular formula is C38H39Cl2NO2P2. The molecule has 3 nitrogen and oxygen atoms in total. The fourth-order valence-electron chi connectivity index (χ4n) is 7.04. The molecule has 0 aliphatic carbocycles. The van der Waals surface area contributed by atoms with Crippen molar-refractivity contribution < 1.29 is 34.3 Å². The van der Waals surface area contributed by atoms with Crippen LogP contribution in [0, 0.1) is 6.92 Å². The lowest BCUT2D eigenvalue weighted by Gasteiger charge is -2.38. The van der Waals surface area contributed by atoms with Gasteiger partial charge in [-0.05, 0) is 55.5 Å². The van der Waals surface area contributed by atoms with Crippen LogP contribution in [0.15, 0.2) is 121 Å². The summed E-state index contributed by atoms with van der Waals surface area (Å²) in [7, 11) is -3.85. The van der Waals surface area contributed by atoms with Crippen molar-refractivity contribution in [3.63, 3.8) is 0 Å². The van der Waals surface area contributed by atoms with E-state index in [0.717, 1.165) is 36.1 Å². The highest BCUT2D eigenvalue weighted by Crippen LogP contribution is 2.69. The third-order valence-corrected chi connectivity index (χ3v) is 18.4. The van der Waals surface area contributed by atoms with Gasteiger partial charge in [0.2, 0.25) is 5.79 Å². The van der Waals surface area contributed by atoms with Crippen molar-refractivity contribution >= 4 is 35.7 Å². The first kappa shape index (κ1) is 33.6. The summed E-state index contributed by atoms with van der Waals surface area (Å²) in [4.78, 5) is 5.46. The third-order valence-electron chi connectivity index (χ3n) is 9.24. The van der Waals surface area contributed by atoms with Gasteiger partial charge in [-0.3, -0.25) is 0 Å². The second-order valence-corrected chi connectivity index (χ2v) is 19.7. The fourth-order valence-corrected chi connectivity index (χ4v) is 17.1. The third kappa shape index (κ3) is 6.19. The quantitative estimate of drug-likeness (QED) is 0.271. The minimum atomic E-state index is -1.94. The number of ether oxygens (including phenoxy) is 2. The molecule has 5 aromatic rings. The van der Waals surface area contributed by atoms with Crippen molar-refractivity contribution in [3.8, 4) is 5.75 Å². The van der Waals surface area contributed by atoms with Crippen molar-refractivity contribution in [1.29, 1.82) is 0 Å². The molecule has 0 spiro atoms. The van der Waals surface area contributed by atoms with Crippen molar-refractivity contribution in [3.05, 3.63) is 144 Å². The molecule has 1 aromatic heterocycles. The number of hydrogen-bond acceptors (Lipinski definition) is 3. The predicted molar refractivity (Wildman–Crippen MR) is 184 cm³/mol. The van der Waals surface area contributed by atoms with E-state index in [-0.39, 0.29) is 24.8 Å². The minimum Gasteiger partial charge on any atom is -1.00 e. The summed E-state index contributed by atoms with van der Waals surface area (Å²) in [5.41, 5.74) is 4.72. The van der Waals surface area contributed by atoms with Crippen LogP contribution in [0.4, 0.5) is 0 Å². The average Bonchev–Trinajstić information content (AvgIpc) is 3.04. The van der Waals surface area contributed by atoms with Gasteiger partial charge in [-0.15, -0.1) is 0 Å². The molecule has 7 rings (SSSR count). The van der Waals surface area contributed by atoms with Gasteiger partial charge < -0.3 is 34.3 Å². The smallest absolute Gasteiger partial charge is 0.205 e. The van der Waals surface area contributed by atoms with Crippen LogP contribution in [-0.2, 0) is 23.7 Å². The lowest BCUT2D eigenvalue weighted by atomic mass is 10.0. The van der Waals surface area contributed by atoms with Crippen LogP contribution in [0.3, 0.4) is 0 Å². The van der Waals surface area contributed by atoms with Crippen molar-refractivity contribution in [2.75, 3.05) is 12.3 Å². The Bertz CT molecular complexity index is 1660. The summed E-state index contributed by atoms with van der Waals surface area (Å²) in [6, 6.07) is 45.3. The Morgan fingerprint density at radius 2 is 0.978 bits per heavy atom. The number of benzene rings is 4. The van der Waals surface area contributed by atoms with E-state index in [4.69, 9.17) is 14.5 Å². The van der Waals surface area contributed by atoms with Crippen molar-refractivity contribution in [2.45, 2.75) is 45.5 Å². The number of rotatable bonds is 4. The van der Waals surface area contributed by atoms with Gasteiger partial charge >= 0.3 is 0 Å². The molecule has 0 atom stereocenters. The first-order valence-corrected chi connectivity index (χ1v) is 19.5. The Hall–Kier alpha value is -2.77. The number of aromatic nitrogens is 1. The van der Waals surface area contributed by atoms with Gasteiger partial charge in [0.05, 0.1) is 59.9 Å². The summed E-state index contributed by atoms with van der Waals surface area (Å²) >= 11 is 0. The maximum Gasteiger partial charge on any atom is 0.205 e. The van der Waals surface area contributed by atoms with Crippen LogP contribution < -0.4 is 50.8 Å². The number of hydrogen-bond donors (Lipinski definition) is 0. The van der Waals surface area contributed by atoms with E-state index in [2.05, 4.69) is 128 Å². The SMILES string of the molecule is Cc1nc2c(c3c1OC(C)(C)OC3)C[P+](c1ccccc1)(c1ccccc1)CC[P+](c1ccccc1)(c1ccccc1)C2.[Cl-].[Cl-]. The van der Waals surface area contributed by atoms with E-state index in [1.54, 1.807) is 0 Å².